The number of furan rings is 1. The van der Waals surface area contributed by atoms with Crippen LogP contribution in [-0.2, 0) is 6.54 Å². The molecule has 0 saturated heterocycles. The topological polar surface area (TPSA) is 56.9 Å². The van der Waals surface area contributed by atoms with Crippen LogP contribution in [0.3, 0.4) is 0 Å². The van der Waals surface area contributed by atoms with E-state index in [9.17, 15) is 4.79 Å². The Kier molecular flexibility index (Phi) is 8.08. The molecule has 21 heavy (non-hydrogen) atoms. The average Bonchev–Trinajstić information content (AvgIpc) is 2.96. The smallest absolute Gasteiger partial charge is 0.289 e. The first kappa shape index (κ1) is 17.7. The van der Waals surface area contributed by atoms with Crippen LogP contribution < -0.4 is 0 Å². The highest BCUT2D eigenvalue weighted by Crippen LogP contribution is 2.13. The molecule has 0 saturated carbocycles. The number of aliphatic hydroxyl groups excluding tert-OH is 1. The van der Waals surface area contributed by atoms with E-state index >= 15 is 0 Å². The minimum atomic E-state index is -0.136. The van der Waals surface area contributed by atoms with Gasteiger partial charge in [-0.05, 0) is 31.6 Å². The highest BCUT2D eigenvalue weighted by atomic mass is 16.4. The third-order valence-electron chi connectivity index (χ3n) is 3.59. The summed E-state index contributed by atoms with van der Waals surface area (Å²) in [6.45, 7) is 9.89. The Labute approximate surface area is 127 Å². The van der Waals surface area contributed by atoms with Crippen molar-refractivity contribution in [2.75, 3.05) is 32.8 Å². The van der Waals surface area contributed by atoms with Crippen molar-refractivity contribution < 1.29 is 14.3 Å². The van der Waals surface area contributed by atoms with Crippen molar-refractivity contribution in [2.24, 2.45) is 0 Å². The van der Waals surface area contributed by atoms with Gasteiger partial charge in [0, 0.05) is 13.1 Å². The van der Waals surface area contributed by atoms with E-state index in [2.05, 4.69) is 25.7 Å². The number of hydrogen-bond acceptors (Lipinski definition) is 4. The molecule has 0 unspecified atom stereocenters. The van der Waals surface area contributed by atoms with Crippen molar-refractivity contribution in [2.45, 2.75) is 40.2 Å². The van der Waals surface area contributed by atoms with E-state index in [0.29, 0.717) is 18.8 Å². The van der Waals surface area contributed by atoms with Crippen molar-refractivity contribution in [3.05, 3.63) is 23.7 Å². The van der Waals surface area contributed by atoms with Gasteiger partial charge in [0.25, 0.3) is 5.91 Å². The third kappa shape index (κ3) is 5.52. The van der Waals surface area contributed by atoms with Gasteiger partial charge in [-0.2, -0.15) is 0 Å². The van der Waals surface area contributed by atoms with Gasteiger partial charge in [0.2, 0.25) is 0 Å². The van der Waals surface area contributed by atoms with Gasteiger partial charge >= 0.3 is 0 Å². The quantitative estimate of drug-likeness (QED) is 0.720. The summed E-state index contributed by atoms with van der Waals surface area (Å²) in [6, 6.07) is 3.60. The van der Waals surface area contributed by atoms with E-state index in [1.54, 1.807) is 11.0 Å². The third-order valence-corrected chi connectivity index (χ3v) is 3.59. The van der Waals surface area contributed by atoms with Gasteiger partial charge in [-0.25, -0.2) is 0 Å². The summed E-state index contributed by atoms with van der Waals surface area (Å²) in [5.74, 6) is 1.03. The molecule has 1 aromatic rings. The Bertz CT molecular complexity index is 413. The lowest BCUT2D eigenvalue weighted by molar-refractivity contribution is 0.0684. The summed E-state index contributed by atoms with van der Waals surface area (Å²) < 4.78 is 5.67. The molecule has 1 aromatic heterocycles. The van der Waals surface area contributed by atoms with Crippen LogP contribution in [-0.4, -0.2) is 53.6 Å². The van der Waals surface area contributed by atoms with E-state index in [4.69, 9.17) is 9.52 Å². The van der Waals surface area contributed by atoms with Crippen LogP contribution in [0.15, 0.2) is 16.5 Å². The molecule has 120 valence electrons. The molecule has 1 N–H and O–H groups in total. The molecule has 1 amide bonds. The maximum absolute atomic E-state index is 12.4. The Balaban J connectivity index is 2.70. The minimum absolute atomic E-state index is 0.0253. The molecule has 0 spiro atoms. The maximum Gasteiger partial charge on any atom is 0.289 e. The molecule has 0 radical (unpaired) electrons. The molecular weight excluding hydrogens is 268 g/mol. The molecule has 0 bridgehead atoms. The SMILES string of the molecule is CCCCN(CCO)C(=O)c1ccc(CN(CC)CC)o1. The van der Waals surface area contributed by atoms with Gasteiger partial charge in [-0.1, -0.05) is 27.2 Å². The van der Waals surface area contributed by atoms with Crippen molar-refractivity contribution in [1.82, 2.24) is 9.80 Å². The van der Waals surface area contributed by atoms with Crippen LogP contribution in [0.25, 0.3) is 0 Å². The maximum atomic E-state index is 12.4. The second-order valence-electron chi connectivity index (χ2n) is 5.10. The summed E-state index contributed by atoms with van der Waals surface area (Å²) in [5, 5.41) is 9.09. The lowest BCUT2D eigenvalue weighted by Crippen LogP contribution is -2.34. The summed E-state index contributed by atoms with van der Waals surface area (Å²) in [4.78, 5) is 16.3. The number of amides is 1. The van der Waals surface area contributed by atoms with Crippen LogP contribution in [0.2, 0.25) is 0 Å². The first-order chi connectivity index (χ1) is 10.2. The molecule has 1 rings (SSSR count). The lowest BCUT2D eigenvalue weighted by atomic mass is 10.3. The molecular formula is C16H28N2O3. The Hall–Kier alpha value is -1.33. The second-order valence-corrected chi connectivity index (χ2v) is 5.10. The van der Waals surface area contributed by atoms with E-state index < -0.39 is 0 Å². The first-order valence-corrected chi connectivity index (χ1v) is 7.87. The molecule has 0 fully saturated rings. The van der Waals surface area contributed by atoms with E-state index in [-0.39, 0.29) is 12.5 Å². The fraction of sp³-hybridized carbons (Fsp3) is 0.688. The van der Waals surface area contributed by atoms with E-state index in [1.165, 1.54) is 0 Å². The van der Waals surface area contributed by atoms with Gasteiger partial charge in [0.05, 0.1) is 13.2 Å². The summed E-state index contributed by atoms with van der Waals surface area (Å²) in [6.07, 6.45) is 1.94. The second kappa shape index (κ2) is 9.58. The fourth-order valence-corrected chi connectivity index (χ4v) is 2.19. The summed E-state index contributed by atoms with van der Waals surface area (Å²) in [5.41, 5.74) is 0. The van der Waals surface area contributed by atoms with Crippen LogP contribution in [0, 0.1) is 0 Å². The van der Waals surface area contributed by atoms with Crippen molar-refractivity contribution >= 4 is 5.91 Å². The molecule has 0 aliphatic carbocycles. The van der Waals surface area contributed by atoms with Crippen LogP contribution in [0.4, 0.5) is 0 Å². The van der Waals surface area contributed by atoms with Crippen LogP contribution in [0.1, 0.15) is 49.9 Å². The highest BCUT2D eigenvalue weighted by Gasteiger charge is 2.19. The standard InChI is InChI=1S/C16H28N2O3/c1-4-7-10-18(11-12-19)16(20)15-9-8-14(21-15)13-17(5-2)6-3/h8-9,19H,4-7,10-13H2,1-3H3. The average molecular weight is 296 g/mol. The van der Waals surface area contributed by atoms with Gasteiger partial charge in [0.1, 0.15) is 5.76 Å². The van der Waals surface area contributed by atoms with Gasteiger partial charge in [0.15, 0.2) is 5.76 Å². The Morgan fingerprint density at radius 1 is 1.19 bits per heavy atom. The minimum Gasteiger partial charge on any atom is -0.455 e. The molecule has 1 heterocycles. The summed E-state index contributed by atoms with van der Waals surface area (Å²) >= 11 is 0. The number of aliphatic hydroxyl groups is 1. The Morgan fingerprint density at radius 2 is 1.90 bits per heavy atom. The van der Waals surface area contributed by atoms with Crippen LogP contribution in [0.5, 0.6) is 0 Å². The molecule has 0 aliphatic heterocycles. The lowest BCUT2D eigenvalue weighted by Gasteiger charge is -2.20. The normalized spacial score (nSPS) is 11.1. The number of rotatable bonds is 10. The molecule has 5 heteroatoms. The van der Waals surface area contributed by atoms with Crippen molar-refractivity contribution in [1.29, 1.82) is 0 Å². The molecule has 0 aliphatic rings. The van der Waals surface area contributed by atoms with Crippen molar-refractivity contribution in [3.8, 4) is 0 Å². The zero-order valence-corrected chi connectivity index (χ0v) is 13.5. The van der Waals surface area contributed by atoms with Crippen LogP contribution >= 0.6 is 0 Å². The van der Waals surface area contributed by atoms with Gasteiger partial charge in [-0.15, -0.1) is 0 Å². The van der Waals surface area contributed by atoms with Crippen molar-refractivity contribution in [3.63, 3.8) is 0 Å². The predicted molar refractivity (Wildman–Crippen MR) is 83.2 cm³/mol. The number of nitrogens with zero attached hydrogens (tertiary/aromatic N) is 2. The number of unbranched alkanes of at least 4 members (excludes halogenated alkanes) is 1. The molecule has 0 aromatic carbocycles. The monoisotopic (exact) mass is 296 g/mol. The largest absolute Gasteiger partial charge is 0.455 e. The highest BCUT2D eigenvalue weighted by molar-refractivity contribution is 5.91. The summed E-state index contributed by atoms with van der Waals surface area (Å²) in [7, 11) is 0. The van der Waals surface area contributed by atoms with E-state index in [0.717, 1.165) is 38.2 Å². The zero-order valence-electron chi connectivity index (χ0n) is 13.5. The van der Waals surface area contributed by atoms with Gasteiger partial charge < -0.3 is 14.4 Å². The predicted octanol–water partition coefficient (Wildman–Crippen LogP) is 2.36. The zero-order chi connectivity index (χ0) is 15.7. The number of carbonyl (C=O) groups excluding carboxylic acids is 1. The fourth-order valence-electron chi connectivity index (χ4n) is 2.19. The molecule has 5 nitrogen and oxygen atoms in total. The number of carbonyl (C=O) groups is 1. The van der Waals surface area contributed by atoms with Gasteiger partial charge in [-0.3, -0.25) is 9.69 Å². The first-order valence-electron chi connectivity index (χ1n) is 7.87. The number of hydrogen-bond donors (Lipinski definition) is 1. The molecule has 0 atom stereocenters. The Morgan fingerprint density at radius 3 is 2.48 bits per heavy atom. The van der Waals surface area contributed by atoms with E-state index in [1.807, 2.05) is 6.07 Å².